The third-order valence-electron chi connectivity index (χ3n) is 5.60. The van der Waals surface area contributed by atoms with Gasteiger partial charge in [0.15, 0.2) is 11.0 Å². The van der Waals surface area contributed by atoms with Gasteiger partial charge >= 0.3 is 0 Å². The Labute approximate surface area is 240 Å². The van der Waals surface area contributed by atoms with Gasteiger partial charge in [0.1, 0.15) is 0 Å². The maximum atomic E-state index is 13.1. The number of hydrogen-bond donors (Lipinski definition) is 2. The van der Waals surface area contributed by atoms with E-state index in [1.54, 1.807) is 35.8 Å². The van der Waals surface area contributed by atoms with Crippen molar-refractivity contribution in [1.82, 2.24) is 20.1 Å². The number of aryl methyl sites for hydroxylation is 1. The molecule has 1 atom stereocenters. The lowest BCUT2D eigenvalue weighted by Crippen LogP contribution is -2.32. The lowest BCUT2D eigenvalue weighted by Gasteiger charge is -2.21. The van der Waals surface area contributed by atoms with E-state index in [0.29, 0.717) is 40.2 Å². The SMILES string of the molecule is C=CCn1c(SCC(=O)Nc2cc([N+](=O)[O-])ccc2C)nnc1[C@@H](CC(C)C)NC(=O)c1ccc(Cl)cc1Cl. The first kappa shape index (κ1) is 30.1. The predicted molar refractivity (Wildman–Crippen MR) is 154 cm³/mol. The largest absolute Gasteiger partial charge is 0.342 e. The first-order chi connectivity index (χ1) is 18.5. The van der Waals surface area contributed by atoms with Crippen molar-refractivity contribution >= 4 is 58.2 Å². The lowest BCUT2D eigenvalue weighted by atomic mass is 10.0. The van der Waals surface area contributed by atoms with Crippen molar-refractivity contribution in [2.45, 2.75) is 44.9 Å². The number of benzene rings is 2. The van der Waals surface area contributed by atoms with Crippen LogP contribution < -0.4 is 10.6 Å². The molecule has 0 aliphatic rings. The summed E-state index contributed by atoms with van der Waals surface area (Å²) in [7, 11) is 0. The zero-order valence-electron chi connectivity index (χ0n) is 21.6. The summed E-state index contributed by atoms with van der Waals surface area (Å²) in [5.74, 6) is -0.0255. The van der Waals surface area contributed by atoms with Crippen LogP contribution in [-0.4, -0.2) is 37.3 Å². The van der Waals surface area contributed by atoms with E-state index in [1.165, 1.54) is 18.2 Å². The standard InChI is InChI=1S/C26H28Cl2N6O4S/c1-5-10-33-24(22(11-15(2)3)30-25(36)19-9-7-17(27)12-20(19)28)31-32-26(33)39-14-23(35)29-21-13-18(34(37)38)8-6-16(21)4/h5-9,12-13,15,22H,1,10-11,14H2,2-4H3,(H,29,35)(H,30,36)/t22-/m1/s1. The van der Waals surface area contributed by atoms with Crippen LogP contribution in [0.15, 0.2) is 54.2 Å². The summed E-state index contributed by atoms with van der Waals surface area (Å²) in [6.45, 7) is 9.96. The minimum atomic E-state index is -0.517. The molecular formula is C26H28Cl2N6O4S. The second kappa shape index (κ2) is 13.6. The number of carbonyl (C=O) groups is 2. The lowest BCUT2D eigenvalue weighted by molar-refractivity contribution is -0.384. The molecule has 2 aromatic carbocycles. The van der Waals surface area contributed by atoms with E-state index in [9.17, 15) is 19.7 Å². The fourth-order valence-corrected chi connectivity index (χ4v) is 5.00. The number of allylic oxidation sites excluding steroid dienone is 1. The number of thioether (sulfide) groups is 1. The number of non-ortho nitro benzene ring substituents is 1. The Morgan fingerprint density at radius 2 is 1.95 bits per heavy atom. The third-order valence-corrected chi connectivity index (χ3v) is 7.11. The van der Waals surface area contributed by atoms with Crippen LogP contribution in [0.2, 0.25) is 10.0 Å². The summed E-state index contributed by atoms with van der Waals surface area (Å²) in [6, 6.07) is 8.44. The van der Waals surface area contributed by atoms with Gasteiger partial charge in [-0.2, -0.15) is 0 Å². The van der Waals surface area contributed by atoms with Gasteiger partial charge in [0, 0.05) is 23.7 Å². The van der Waals surface area contributed by atoms with Crippen LogP contribution in [0.3, 0.4) is 0 Å². The molecule has 2 amide bonds. The molecule has 0 unspecified atom stereocenters. The number of nitrogens with zero attached hydrogens (tertiary/aromatic N) is 4. The minimum Gasteiger partial charge on any atom is -0.342 e. The Balaban J connectivity index is 1.79. The molecule has 0 aliphatic carbocycles. The number of aromatic nitrogens is 3. The highest BCUT2D eigenvalue weighted by molar-refractivity contribution is 7.99. The molecule has 0 spiro atoms. The highest BCUT2D eigenvalue weighted by atomic mass is 35.5. The molecule has 1 heterocycles. The first-order valence-electron chi connectivity index (χ1n) is 12.0. The van der Waals surface area contributed by atoms with Crippen molar-refractivity contribution in [3.05, 3.63) is 86.2 Å². The summed E-state index contributed by atoms with van der Waals surface area (Å²) in [5, 5.41) is 26.5. The predicted octanol–water partition coefficient (Wildman–Crippen LogP) is 6.24. The van der Waals surface area contributed by atoms with E-state index in [0.717, 1.165) is 11.8 Å². The Morgan fingerprint density at radius 1 is 1.21 bits per heavy atom. The van der Waals surface area contributed by atoms with Gasteiger partial charge in [0.05, 0.1) is 33.0 Å². The number of amides is 2. The summed E-state index contributed by atoms with van der Waals surface area (Å²) < 4.78 is 1.79. The van der Waals surface area contributed by atoms with Crippen molar-refractivity contribution in [2.24, 2.45) is 5.92 Å². The number of hydrogen-bond acceptors (Lipinski definition) is 7. The van der Waals surface area contributed by atoms with Crippen molar-refractivity contribution in [3.8, 4) is 0 Å². The molecule has 0 aliphatic heterocycles. The average Bonchev–Trinajstić information content (AvgIpc) is 3.25. The number of rotatable bonds is 12. The second-order valence-electron chi connectivity index (χ2n) is 9.11. The smallest absolute Gasteiger partial charge is 0.271 e. The highest BCUT2D eigenvalue weighted by Gasteiger charge is 2.25. The number of nitro groups is 1. The summed E-state index contributed by atoms with van der Waals surface area (Å²) in [6.07, 6.45) is 2.25. The van der Waals surface area contributed by atoms with Crippen LogP contribution in [0.25, 0.3) is 0 Å². The summed E-state index contributed by atoms with van der Waals surface area (Å²) in [4.78, 5) is 36.3. The van der Waals surface area contributed by atoms with E-state index in [-0.39, 0.29) is 39.8 Å². The molecule has 3 aromatic rings. The number of nitro benzene ring substituents is 1. The quantitative estimate of drug-likeness (QED) is 0.110. The molecule has 2 N–H and O–H groups in total. The molecule has 0 radical (unpaired) electrons. The number of anilines is 1. The molecular weight excluding hydrogens is 563 g/mol. The Hall–Kier alpha value is -3.41. The van der Waals surface area contributed by atoms with Crippen molar-refractivity contribution in [2.75, 3.05) is 11.1 Å². The van der Waals surface area contributed by atoms with Crippen LogP contribution in [0.4, 0.5) is 11.4 Å². The van der Waals surface area contributed by atoms with Crippen molar-refractivity contribution < 1.29 is 14.5 Å². The van der Waals surface area contributed by atoms with Crippen LogP contribution in [-0.2, 0) is 11.3 Å². The maximum absolute atomic E-state index is 13.1. The topological polar surface area (TPSA) is 132 Å². The fraction of sp³-hybridized carbons (Fsp3) is 0.308. The van der Waals surface area contributed by atoms with Gasteiger partial charge in [-0.3, -0.25) is 19.7 Å². The Kier molecular flexibility index (Phi) is 10.5. The van der Waals surface area contributed by atoms with Crippen molar-refractivity contribution in [1.29, 1.82) is 0 Å². The van der Waals surface area contributed by atoms with Gasteiger partial charge in [-0.05, 0) is 43.0 Å². The molecule has 0 bridgehead atoms. The summed E-state index contributed by atoms with van der Waals surface area (Å²) in [5.41, 5.74) is 1.23. The minimum absolute atomic E-state index is 0.0149. The third kappa shape index (κ3) is 8.04. The monoisotopic (exact) mass is 590 g/mol. The number of halogens is 2. The average molecular weight is 592 g/mol. The number of carbonyl (C=O) groups excluding carboxylic acids is 2. The normalized spacial score (nSPS) is 11.7. The zero-order chi connectivity index (χ0) is 28.7. The first-order valence-corrected chi connectivity index (χ1v) is 13.7. The number of nitrogens with one attached hydrogen (secondary N) is 2. The maximum Gasteiger partial charge on any atom is 0.271 e. The van der Waals surface area contributed by atoms with Gasteiger partial charge in [0.2, 0.25) is 5.91 Å². The van der Waals surface area contributed by atoms with Crippen LogP contribution in [0.1, 0.15) is 48.1 Å². The van der Waals surface area contributed by atoms with Gasteiger partial charge in [0.25, 0.3) is 11.6 Å². The van der Waals surface area contributed by atoms with E-state index < -0.39 is 11.0 Å². The van der Waals surface area contributed by atoms with Gasteiger partial charge in [-0.25, -0.2) is 0 Å². The molecule has 206 valence electrons. The Bertz CT molecular complexity index is 1390. The van der Waals surface area contributed by atoms with Gasteiger partial charge in [-0.1, -0.05) is 61.0 Å². The Morgan fingerprint density at radius 3 is 2.59 bits per heavy atom. The molecule has 1 aromatic heterocycles. The molecule has 39 heavy (non-hydrogen) atoms. The summed E-state index contributed by atoms with van der Waals surface area (Å²) >= 11 is 13.4. The van der Waals surface area contributed by atoms with Crippen LogP contribution in [0, 0.1) is 23.0 Å². The van der Waals surface area contributed by atoms with E-state index in [1.807, 2.05) is 13.8 Å². The molecule has 10 nitrogen and oxygen atoms in total. The van der Waals surface area contributed by atoms with Crippen LogP contribution in [0.5, 0.6) is 0 Å². The highest BCUT2D eigenvalue weighted by Crippen LogP contribution is 2.28. The molecule has 0 saturated carbocycles. The van der Waals surface area contributed by atoms with Gasteiger partial charge in [-0.15, -0.1) is 16.8 Å². The van der Waals surface area contributed by atoms with Gasteiger partial charge < -0.3 is 15.2 Å². The molecule has 0 saturated heterocycles. The molecule has 3 rings (SSSR count). The second-order valence-corrected chi connectivity index (χ2v) is 10.9. The van der Waals surface area contributed by atoms with E-state index in [4.69, 9.17) is 23.2 Å². The fourth-order valence-electron chi connectivity index (χ4n) is 3.75. The molecule has 13 heteroatoms. The zero-order valence-corrected chi connectivity index (χ0v) is 23.9. The van der Waals surface area contributed by atoms with E-state index >= 15 is 0 Å². The van der Waals surface area contributed by atoms with Crippen molar-refractivity contribution in [3.63, 3.8) is 0 Å². The molecule has 0 fully saturated rings. The van der Waals surface area contributed by atoms with E-state index in [2.05, 4.69) is 27.4 Å². The van der Waals surface area contributed by atoms with Crippen LogP contribution >= 0.6 is 35.0 Å².